The third kappa shape index (κ3) is 5.30. The molecule has 1 unspecified atom stereocenters. The molecule has 0 saturated carbocycles. The number of benzene rings is 3. The van der Waals surface area contributed by atoms with Crippen molar-refractivity contribution >= 4 is 52.5 Å². The normalized spacial score (nSPS) is 15.7. The number of ether oxygens (including phenoxy) is 1. The SMILES string of the molecule is O=C(COc1ccccc1)Nc1ccc(SC2CC(=O)N(c3ccc(Cl)cc3)C2=O)cc1. The molecule has 3 aromatic carbocycles. The monoisotopic (exact) mass is 466 g/mol. The van der Waals surface area contributed by atoms with Crippen molar-refractivity contribution in [1.82, 2.24) is 0 Å². The number of halogens is 1. The van der Waals surface area contributed by atoms with Gasteiger partial charge < -0.3 is 10.1 Å². The van der Waals surface area contributed by atoms with Crippen LogP contribution in [0, 0.1) is 0 Å². The third-order valence-corrected chi connectivity index (χ3v) is 6.17. The van der Waals surface area contributed by atoms with E-state index in [9.17, 15) is 14.4 Å². The minimum atomic E-state index is -0.502. The summed E-state index contributed by atoms with van der Waals surface area (Å²) in [6, 6.07) is 22.8. The van der Waals surface area contributed by atoms with E-state index in [4.69, 9.17) is 16.3 Å². The highest BCUT2D eigenvalue weighted by atomic mass is 35.5. The van der Waals surface area contributed by atoms with E-state index >= 15 is 0 Å². The summed E-state index contributed by atoms with van der Waals surface area (Å²) in [5.74, 6) is -0.142. The lowest BCUT2D eigenvalue weighted by Crippen LogP contribution is -2.31. The second-order valence-corrected chi connectivity index (χ2v) is 8.74. The van der Waals surface area contributed by atoms with Gasteiger partial charge in [0.05, 0.1) is 10.9 Å². The first-order valence-corrected chi connectivity index (χ1v) is 11.1. The summed E-state index contributed by atoms with van der Waals surface area (Å²) >= 11 is 7.22. The fraction of sp³-hybridized carbons (Fsp3) is 0.125. The van der Waals surface area contributed by atoms with Crippen molar-refractivity contribution in [2.75, 3.05) is 16.8 Å². The van der Waals surface area contributed by atoms with Gasteiger partial charge >= 0.3 is 0 Å². The quantitative estimate of drug-likeness (QED) is 0.507. The van der Waals surface area contributed by atoms with Gasteiger partial charge in [0.25, 0.3) is 5.91 Å². The lowest BCUT2D eigenvalue weighted by atomic mass is 10.3. The Hall–Kier alpha value is -3.29. The first-order chi connectivity index (χ1) is 15.5. The molecule has 1 N–H and O–H groups in total. The lowest BCUT2D eigenvalue weighted by molar-refractivity contribution is -0.121. The lowest BCUT2D eigenvalue weighted by Gasteiger charge is -2.15. The third-order valence-electron chi connectivity index (χ3n) is 4.72. The number of rotatable bonds is 7. The van der Waals surface area contributed by atoms with Crippen LogP contribution < -0.4 is 15.0 Å². The van der Waals surface area contributed by atoms with Crippen molar-refractivity contribution in [2.24, 2.45) is 0 Å². The Kier molecular flexibility index (Phi) is 6.78. The largest absolute Gasteiger partial charge is 0.484 e. The maximum atomic E-state index is 12.8. The van der Waals surface area contributed by atoms with Crippen LogP contribution in [0.5, 0.6) is 5.75 Å². The predicted octanol–water partition coefficient (Wildman–Crippen LogP) is 4.78. The fourth-order valence-electron chi connectivity index (χ4n) is 3.20. The Labute approximate surface area is 194 Å². The van der Waals surface area contributed by atoms with Gasteiger partial charge in [0, 0.05) is 22.0 Å². The highest BCUT2D eigenvalue weighted by molar-refractivity contribution is 8.00. The molecule has 1 fully saturated rings. The Morgan fingerprint density at radius 3 is 2.38 bits per heavy atom. The van der Waals surface area contributed by atoms with Crippen molar-refractivity contribution in [3.05, 3.63) is 83.9 Å². The number of carbonyl (C=O) groups excluding carboxylic acids is 3. The first kappa shape index (κ1) is 21.9. The molecule has 32 heavy (non-hydrogen) atoms. The van der Waals surface area contributed by atoms with Gasteiger partial charge in [0.1, 0.15) is 5.75 Å². The van der Waals surface area contributed by atoms with E-state index in [1.807, 2.05) is 18.2 Å². The van der Waals surface area contributed by atoms with Gasteiger partial charge in [-0.05, 0) is 60.7 Å². The molecule has 8 heteroatoms. The second kappa shape index (κ2) is 9.89. The first-order valence-electron chi connectivity index (χ1n) is 9.86. The average Bonchev–Trinajstić information content (AvgIpc) is 3.08. The zero-order chi connectivity index (χ0) is 22.5. The molecule has 6 nitrogen and oxygen atoms in total. The Bertz CT molecular complexity index is 1120. The Morgan fingerprint density at radius 2 is 1.69 bits per heavy atom. The number of para-hydroxylation sites is 1. The molecule has 1 heterocycles. The number of imide groups is 1. The fourth-order valence-corrected chi connectivity index (χ4v) is 4.38. The minimum absolute atomic E-state index is 0.0975. The van der Waals surface area contributed by atoms with Crippen LogP contribution in [0.2, 0.25) is 5.02 Å². The number of nitrogens with one attached hydrogen (secondary N) is 1. The van der Waals surface area contributed by atoms with Crippen LogP contribution in [0.15, 0.2) is 83.8 Å². The summed E-state index contributed by atoms with van der Waals surface area (Å²) < 4.78 is 5.43. The van der Waals surface area contributed by atoms with Crippen LogP contribution >= 0.6 is 23.4 Å². The van der Waals surface area contributed by atoms with Crippen molar-refractivity contribution < 1.29 is 19.1 Å². The number of anilines is 2. The predicted molar refractivity (Wildman–Crippen MR) is 125 cm³/mol. The van der Waals surface area contributed by atoms with Crippen LogP contribution in [-0.4, -0.2) is 29.6 Å². The summed E-state index contributed by atoms with van der Waals surface area (Å²) in [4.78, 5) is 39.3. The van der Waals surface area contributed by atoms with Gasteiger partial charge in [-0.25, -0.2) is 4.90 Å². The molecule has 0 spiro atoms. The second-order valence-electron chi connectivity index (χ2n) is 7.03. The van der Waals surface area contributed by atoms with Crippen LogP contribution in [-0.2, 0) is 14.4 Å². The van der Waals surface area contributed by atoms with E-state index in [-0.39, 0.29) is 30.7 Å². The molecular formula is C24H19ClN2O4S. The zero-order valence-corrected chi connectivity index (χ0v) is 18.4. The summed E-state index contributed by atoms with van der Waals surface area (Å²) in [5.41, 5.74) is 1.14. The molecule has 3 amide bonds. The van der Waals surface area contributed by atoms with Gasteiger partial charge in [-0.2, -0.15) is 0 Å². The Balaban J connectivity index is 1.32. The number of nitrogens with zero attached hydrogens (tertiary/aromatic N) is 1. The molecule has 0 aromatic heterocycles. The maximum absolute atomic E-state index is 12.8. The van der Waals surface area contributed by atoms with E-state index in [0.29, 0.717) is 22.1 Å². The van der Waals surface area contributed by atoms with E-state index in [1.54, 1.807) is 60.7 Å². The molecule has 0 bridgehead atoms. The highest BCUT2D eigenvalue weighted by Crippen LogP contribution is 2.34. The van der Waals surface area contributed by atoms with Gasteiger partial charge in [0.2, 0.25) is 11.8 Å². The van der Waals surface area contributed by atoms with Crippen molar-refractivity contribution in [1.29, 1.82) is 0 Å². The zero-order valence-electron chi connectivity index (χ0n) is 16.9. The summed E-state index contributed by atoms with van der Waals surface area (Å²) in [6.45, 7) is -0.0975. The van der Waals surface area contributed by atoms with Crippen LogP contribution in [0.25, 0.3) is 0 Å². The van der Waals surface area contributed by atoms with Crippen LogP contribution in [0.3, 0.4) is 0 Å². The van der Waals surface area contributed by atoms with Crippen molar-refractivity contribution in [3.63, 3.8) is 0 Å². The minimum Gasteiger partial charge on any atom is -0.484 e. The van der Waals surface area contributed by atoms with Crippen LogP contribution in [0.1, 0.15) is 6.42 Å². The van der Waals surface area contributed by atoms with Gasteiger partial charge in [0.15, 0.2) is 6.61 Å². The Morgan fingerprint density at radius 1 is 1.00 bits per heavy atom. The van der Waals surface area contributed by atoms with Crippen molar-refractivity contribution in [3.8, 4) is 5.75 Å². The standard InChI is InChI=1S/C24H19ClN2O4S/c25-16-6-10-18(11-7-16)27-23(29)14-21(24(27)30)32-20-12-8-17(9-13-20)26-22(28)15-31-19-4-2-1-3-5-19/h1-13,21H,14-15H2,(H,26,28). The van der Waals surface area contributed by atoms with Crippen LogP contribution in [0.4, 0.5) is 11.4 Å². The van der Waals surface area contributed by atoms with E-state index < -0.39 is 5.25 Å². The van der Waals surface area contributed by atoms with Gasteiger partial charge in [-0.3, -0.25) is 14.4 Å². The molecule has 162 valence electrons. The molecule has 0 radical (unpaired) electrons. The van der Waals surface area contributed by atoms with E-state index in [0.717, 1.165) is 4.90 Å². The number of thioether (sulfide) groups is 1. The summed E-state index contributed by atoms with van der Waals surface area (Å²) in [6.07, 6.45) is 0.126. The molecule has 1 saturated heterocycles. The van der Waals surface area contributed by atoms with Crippen molar-refractivity contribution in [2.45, 2.75) is 16.6 Å². The van der Waals surface area contributed by atoms with E-state index in [1.165, 1.54) is 16.7 Å². The maximum Gasteiger partial charge on any atom is 0.262 e. The molecule has 4 rings (SSSR count). The van der Waals surface area contributed by atoms with E-state index in [2.05, 4.69) is 5.32 Å². The summed E-state index contributed by atoms with van der Waals surface area (Å²) in [5, 5.41) is 2.81. The molecular weight excluding hydrogens is 448 g/mol. The number of amides is 3. The molecule has 1 aliphatic heterocycles. The summed E-state index contributed by atoms with van der Waals surface area (Å²) in [7, 11) is 0. The highest BCUT2D eigenvalue weighted by Gasteiger charge is 2.40. The number of hydrogen-bond donors (Lipinski definition) is 1. The molecule has 1 atom stereocenters. The van der Waals surface area contributed by atoms with Gasteiger partial charge in [-0.15, -0.1) is 11.8 Å². The number of carbonyl (C=O) groups is 3. The molecule has 3 aromatic rings. The van der Waals surface area contributed by atoms with Gasteiger partial charge in [-0.1, -0.05) is 29.8 Å². The molecule has 0 aliphatic carbocycles. The average molecular weight is 467 g/mol. The number of hydrogen-bond acceptors (Lipinski definition) is 5. The topological polar surface area (TPSA) is 75.7 Å². The molecule has 1 aliphatic rings. The smallest absolute Gasteiger partial charge is 0.262 e.